The molecule has 1 aromatic heterocycles. The summed E-state index contributed by atoms with van der Waals surface area (Å²) in [5, 5.41) is 0. The lowest BCUT2D eigenvalue weighted by molar-refractivity contribution is 0.595. The zero-order valence-electron chi connectivity index (χ0n) is 9.08. The maximum atomic E-state index is 12.2. The van der Waals surface area contributed by atoms with Gasteiger partial charge >= 0.3 is 0 Å². The fourth-order valence-electron chi connectivity index (χ4n) is 1.45. The fraction of sp³-hybridized carbons (Fsp3) is 0.0833. The molecule has 0 bridgehead atoms. The standard InChI is InChI=1S/C12H12N2O2S/c13-8-10-3-5-11(6-4-10)17(15,16)12-2-1-7-14-9-12/h1-7,9H,8,13H2. The van der Waals surface area contributed by atoms with E-state index in [1.165, 1.54) is 18.5 Å². The van der Waals surface area contributed by atoms with E-state index in [1.807, 2.05) is 0 Å². The maximum Gasteiger partial charge on any atom is 0.208 e. The van der Waals surface area contributed by atoms with Crippen LogP contribution in [-0.2, 0) is 16.4 Å². The van der Waals surface area contributed by atoms with Crippen LogP contribution >= 0.6 is 0 Å². The van der Waals surface area contributed by atoms with E-state index >= 15 is 0 Å². The quantitative estimate of drug-likeness (QED) is 0.890. The lowest BCUT2D eigenvalue weighted by Crippen LogP contribution is -2.03. The number of benzene rings is 1. The van der Waals surface area contributed by atoms with Gasteiger partial charge in [-0.2, -0.15) is 0 Å². The van der Waals surface area contributed by atoms with Crippen LogP contribution in [0.5, 0.6) is 0 Å². The Bertz CT molecular complexity index is 592. The molecule has 0 aliphatic carbocycles. The molecule has 5 heteroatoms. The van der Waals surface area contributed by atoms with E-state index in [0.717, 1.165) is 5.56 Å². The Kier molecular flexibility index (Phi) is 3.21. The highest BCUT2D eigenvalue weighted by molar-refractivity contribution is 7.91. The Balaban J connectivity index is 2.45. The van der Waals surface area contributed by atoms with Gasteiger partial charge in [0.05, 0.1) is 9.79 Å². The molecule has 1 aromatic carbocycles. The molecule has 0 spiro atoms. The predicted molar refractivity (Wildman–Crippen MR) is 64.0 cm³/mol. The van der Waals surface area contributed by atoms with Crippen LogP contribution < -0.4 is 5.73 Å². The SMILES string of the molecule is NCc1ccc(S(=O)(=O)c2cccnc2)cc1. The Labute approximate surface area is 100 Å². The number of hydrogen-bond donors (Lipinski definition) is 1. The van der Waals surface area contributed by atoms with Gasteiger partial charge in [-0.1, -0.05) is 12.1 Å². The second-order valence-corrected chi connectivity index (χ2v) is 5.49. The van der Waals surface area contributed by atoms with Gasteiger partial charge in [0.25, 0.3) is 0 Å². The fourth-order valence-corrected chi connectivity index (χ4v) is 2.67. The van der Waals surface area contributed by atoms with Gasteiger partial charge < -0.3 is 5.73 Å². The molecule has 4 nitrogen and oxygen atoms in total. The highest BCUT2D eigenvalue weighted by atomic mass is 32.2. The van der Waals surface area contributed by atoms with Crippen LogP contribution in [0.4, 0.5) is 0 Å². The minimum Gasteiger partial charge on any atom is -0.326 e. The van der Waals surface area contributed by atoms with Gasteiger partial charge in [0, 0.05) is 18.9 Å². The first kappa shape index (κ1) is 11.8. The van der Waals surface area contributed by atoms with Crippen LogP contribution in [0.1, 0.15) is 5.56 Å². The molecule has 0 radical (unpaired) electrons. The number of nitrogens with two attached hydrogens (primary N) is 1. The van der Waals surface area contributed by atoms with Gasteiger partial charge in [0.1, 0.15) is 0 Å². The number of pyridine rings is 1. The van der Waals surface area contributed by atoms with Crippen LogP contribution in [0, 0.1) is 0 Å². The predicted octanol–water partition coefficient (Wildman–Crippen LogP) is 1.37. The lowest BCUT2D eigenvalue weighted by Gasteiger charge is -2.04. The smallest absolute Gasteiger partial charge is 0.208 e. The molecule has 17 heavy (non-hydrogen) atoms. The van der Waals surface area contributed by atoms with Crippen LogP contribution in [0.2, 0.25) is 0 Å². The second-order valence-electron chi connectivity index (χ2n) is 3.54. The summed E-state index contributed by atoms with van der Waals surface area (Å²) in [6, 6.07) is 9.67. The number of nitrogens with zero attached hydrogens (tertiary/aromatic N) is 1. The third-order valence-electron chi connectivity index (χ3n) is 2.41. The second kappa shape index (κ2) is 4.65. The molecular formula is C12H12N2O2S. The van der Waals surface area contributed by atoms with Crippen molar-refractivity contribution in [3.63, 3.8) is 0 Å². The molecule has 0 aliphatic rings. The number of aromatic nitrogens is 1. The molecule has 88 valence electrons. The molecule has 1 heterocycles. The Morgan fingerprint density at radius 1 is 1.06 bits per heavy atom. The summed E-state index contributed by atoms with van der Waals surface area (Å²) in [5.74, 6) is 0. The molecule has 0 saturated carbocycles. The highest BCUT2D eigenvalue weighted by Gasteiger charge is 2.16. The summed E-state index contributed by atoms with van der Waals surface area (Å²) < 4.78 is 24.3. The number of rotatable bonds is 3. The van der Waals surface area contributed by atoms with Gasteiger partial charge in [-0.3, -0.25) is 4.98 Å². The summed E-state index contributed by atoms with van der Waals surface area (Å²) in [6.45, 7) is 0.396. The van der Waals surface area contributed by atoms with Crippen molar-refractivity contribution in [1.82, 2.24) is 4.98 Å². The summed E-state index contributed by atoms with van der Waals surface area (Å²) in [6.07, 6.45) is 2.88. The first-order valence-corrected chi connectivity index (χ1v) is 6.57. The summed E-state index contributed by atoms with van der Waals surface area (Å²) in [5.41, 5.74) is 6.36. The van der Waals surface area contributed by atoms with Crippen molar-refractivity contribution in [3.8, 4) is 0 Å². The minimum atomic E-state index is -3.47. The van der Waals surface area contributed by atoms with E-state index in [2.05, 4.69) is 4.98 Å². The van der Waals surface area contributed by atoms with Crippen molar-refractivity contribution in [2.45, 2.75) is 16.3 Å². The van der Waals surface area contributed by atoms with Crippen molar-refractivity contribution in [1.29, 1.82) is 0 Å². The van der Waals surface area contributed by atoms with Crippen LogP contribution in [0.3, 0.4) is 0 Å². The maximum absolute atomic E-state index is 12.2. The van der Waals surface area contributed by atoms with Gasteiger partial charge in [-0.15, -0.1) is 0 Å². The topological polar surface area (TPSA) is 73.1 Å². The Morgan fingerprint density at radius 3 is 2.29 bits per heavy atom. The molecule has 0 unspecified atom stereocenters. The molecule has 0 saturated heterocycles. The molecule has 2 rings (SSSR count). The normalized spacial score (nSPS) is 11.4. The zero-order chi connectivity index (χ0) is 12.3. The average molecular weight is 248 g/mol. The lowest BCUT2D eigenvalue weighted by atomic mass is 10.2. The summed E-state index contributed by atoms with van der Waals surface area (Å²) in [7, 11) is -3.47. The zero-order valence-corrected chi connectivity index (χ0v) is 9.89. The molecule has 2 aromatic rings. The van der Waals surface area contributed by atoms with Gasteiger partial charge in [0.2, 0.25) is 9.84 Å². The molecule has 0 amide bonds. The van der Waals surface area contributed by atoms with Crippen molar-refractivity contribution < 1.29 is 8.42 Å². The van der Waals surface area contributed by atoms with Crippen molar-refractivity contribution in [2.24, 2.45) is 5.73 Å². The Hall–Kier alpha value is -1.72. The van der Waals surface area contributed by atoms with Gasteiger partial charge in [0.15, 0.2) is 0 Å². The minimum absolute atomic E-state index is 0.195. The van der Waals surface area contributed by atoms with Crippen molar-refractivity contribution in [2.75, 3.05) is 0 Å². The molecule has 2 N–H and O–H groups in total. The first-order valence-electron chi connectivity index (χ1n) is 5.09. The van der Waals surface area contributed by atoms with E-state index in [-0.39, 0.29) is 9.79 Å². The first-order chi connectivity index (χ1) is 8.14. The third-order valence-corrected chi connectivity index (χ3v) is 4.17. The largest absolute Gasteiger partial charge is 0.326 e. The number of hydrogen-bond acceptors (Lipinski definition) is 4. The van der Waals surface area contributed by atoms with Crippen molar-refractivity contribution >= 4 is 9.84 Å². The van der Waals surface area contributed by atoms with Crippen molar-refractivity contribution in [3.05, 3.63) is 54.4 Å². The molecule has 0 aliphatic heterocycles. The van der Waals surface area contributed by atoms with Gasteiger partial charge in [-0.25, -0.2) is 8.42 Å². The molecule has 0 atom stereocenters. The molecule has 0 fully saturated rings. The Morgan fingerprint density at radius 2 is 1.76 bits per heavy atom. The summed E-state index contributed by atoms with van der Waals surface area (Å²) >= 11 is 0. The average Bonchev–Trinajstić information content (AvgIpc) is 2.40. The van der Waals surface area contributed by atoms with Gasteiger partial charge in [-0.05, 0) is 29.8 Å². The number of sulfone groups is 1. The van der Waals surface area contributed by atoms with E-state index < -0.39 is 9.84 Å². The monoisotopic (exact) mass is 248 g/mol. The van der Waals surface area contributed by atoms with Crippen LogP contribution in [0.15, 0.2) is 58.6 Å². The van der Waals surface area contributed by atoms with E-state index in [1.54, 1.807) is 30.3 Å². The van der Waals surface area contributed by atoms with Crippen LogP contribution in [0.25, 0.3) is 0 Å². The van der Waals surface area contributed by atoms with E-state index in [0.29, 0.717) is 6.54 Å². The van der Waals surface area contributed by atoms with E-state index in [4.69, 9.17) is 5.73 Å². The van der Waals surface area contributed by atoms with Crippen LogP contribution in [-0.4, -0.2) is 13.4 Å². The highest BCUT2D eigenvalue weighted by Crippen LogP contribution is 2.19. The van der Waals surface area contributed by atoms with E-state index in [9.17, 15) is 8.42 Å². The third kappa shape index (κ3) is 2.35. The summed E-state index contributed by atoms with van der Waals surface area (Å²) in [4.78, 5) is 4.26. The molecular weight excluding hydrogens is 236 g/mol.